The van der Waals surface area contributed by atoms with E-state index in [4.69, 9.17) is 16.3 Å². The summed E-state index contributed by atoms with van der Waals surface area (Å²) < 4.78 is 6.03. The van der Waals surface area contributed by atoms with Crippen LogP contribution < -0.4 is 9.64 Å². The number of nitrogens with zero attached hydrogens (tertiary/aromatic N) is 1. The average Bonchev–Trinajstić information content (AvgIpc) is 2.39. The molecular weight excluding hydrogens is 270 g/mol. The molecule has 0 bridgehead atoms. The molecule has 0 aliphatic carbocycles. The number of hydrogen-bond donors (Lipinski definition) is 0. The van der Waals surface area contributed by atoms with Crippen molar-refractivity contribution in [2.24, 2.45) is 0 Å². The fourth-order valence-electron chi connectivity index (χ4n) is 2.25. The van der Waals surface area contributed by atoms with E-state index in [1.165, 1.54) is 5.56 Å². The second kappa shape index (κ2) is 6.67. The Morgan fingerprint density at radius 1 is 1.15 bits per heavy atom. The number of ether oxygens (including phenoxy) is 1. The summed E-state index contributed by atoms with van der Waals surface area (Å²) in [5.41, 5.74) is 2.26. The number of hydrogen-bond acceptors (Lipinski definition) is 2. The maximum Gasteiger partial charge on any atom is 0.169 e. The summed E-state index contributed by atoms with van der Waals surface area (Å²) >= 11 is 6.06. The highest BCUT2D eigenvalue weighted by atomic mass is 35.5. The molecule has 0 aliphatic heterocycles. The monoisotopic (exact) mass is 289 g/mol. The summed E-state index contributed by atoms with van der Waals surface area (Å²) in [6.45, 7) is 7.07. The van der Waals surface area contributed by atoms with Crippen molar-refractivity contribution in [2.75, 3.05) is 11.4 Å². The van der Waals surface area contributed by atoms with E-state index < -0.39 is 0 Å². The Hall–Kier alpha value is -1.67. The Balaban J connectivity index is 2.15. The highest BCUT2D eigenvalue weighted by Gasteiger charge is 2.14. The van der Waals surface area contributed by atoms with Gasteiger partial charge < -0.3 is 9.64 Å². The standard InChI is InChI=1S/C17H20ClNO/c1-4-19(16-9-6-8-15(18)12-16)14(3)20-17-10-5-7-13(2)11-17/h5-12,14H,4H2,1-3H3. The van der Waals surface area contributed by atoms with E-state index >= 15 is 0 Å². The fraction of sp³-hybridized carbons (Fsp3) is 0.294. The van der Waals surface area contributed by atoms with Gasteiger partial charge in [0.1, 0.15) is 5.75 Å². The lowest BCUT2D eigenvalue weighted by atomic mass is 10.2. The van der Waals surface area contributed by atoms with E-state index in [0.29, 0.717) is 0 Å². The molecule has 0 saturated heterocycles. The summed E-state index contributed by atoms with van der Waals surface area (Å²) in [5.74, 6) is 0.887. The summed E-state index contributed by atoms with van der Waals surface area (Å²) in [4.78, 5) is 2.17. The highest BCUT2D eigenvalue weighted by Crippen LogP contribution is 2.23. The molecule has 0 radical (unpaired) electrons. The maximum atomic E-state index is 6.06. The molecular formula is C17H20ClNO. The number of halogens is 1. The lowest BCUT2D eigenvalue weighted by molar-refractivity contribution is 0.216. The lowest BCUT2D eigenvalue weighted by Gasteiger charge is -2.30. The third kappa shape index (κ3) is 3.67. The first kappa shape index (κ1) is 14.7. The van der Waals surface area contributed by atoms with Gasteiger partial charge in [0, 0.05) is 17.3 Å². The predicted molar refractivity (Wildman–Crippen MR) is 85.7 cm³/mol. The van der Waals surface area contributed by atoms with Crippen molar-refractivity contribution in [1.82, 2.24) is 0 Å². The van der Waals surface area contributed by atoms with Crippen molar-refractivity contribution in [3.05, 3.63) is 59.1 Å². The molecule has 1 atom stereocenters. The quantitative estimate of drug-likeness (QED) is 0.726. The van der Waals surface area contributed by atoms with Crippen LogP contribution in [0.1, 0.15) is 19.4 Å². The first-order valence-corrected chi connectivity index (χ1v) is 7.23. The van der Waals surface area contributed by atoms with Crippen LogP contribution in [0.5, 0.6) is 5.75 Å². The zero-order valence-corrected chi connectivity index (χ0v) is 12.9. The molecule has 20 heavy (non-hydrogen) atoms. The van der Waals surface area contributed by atoms with Gasteiger partial charge in [-0.15, -0.1) is 0 Å². The smallest absolute Gasteiger partial charge is 0.169 e. The van der Waals surface area contributed by atoms with Crippen molar-refractivity contribution >= 4 is 17.3 Å². The molecule has 3 heteroatoms. The van der Waals surface area contributed by atoms with Gasteiger partial charge in [0.05, 0.1) is 0 Å². The Morgan fingerprint density at radius 3 is 2.55 bits per heavy atom. The number of rotatable bonds is 5. The van der Waals surface area contributed by atoms with E-state index in [9.17, 15) is 0 Å². The minimum atomic E-state index is -0.0553. The minimum absolute atomic E-state index is 0.0553. The molecule has 106 valence electrons. The van der Waals surface area contributed by atoms with Crippen LogP contribution in [0, 0.1) is 6.92 Å². The summed E-state index contributed by atoms with van der Waals surface area (Å²) in [5, 5.41) is 0.740. The molecule has 0 heterocycles. The van der Waals surface area contributed by atoms with Gasteiger partial charge in [-0.25, -0.2) is 0 Å². The summed E-state index contributed by atoms with van der Waals surface area (Å²) in [6.07, 6.45) is -0.0553. The molecule has 1 unspecified atom stereocenters. The van der Waals surface area contributed by atoms with Gasteiger partial charge in [0.2, 0.25) is 0 Å². The molecule has 2 aromatic carbocycles. The topological polar surface area (TPSA) is 12.5 Å². The first-order valence-electron chi connectivity index (χ1n) is 6.85. The van der Waals surface area contributed by atoms with Gasteiger partial charge in [-0.2, -0.15) is 0 Å². The fourth-order valence-corrected chi connectivity index (χ4v) is 2.44. The van der Waals surface area contributed by atoms with Crippen LogP contribution in [0.15, 0.2) is 48.5 Å². The van der Waals surface area contributed by atoms with E-state index in [1.54, 1.807) is 0 Å². The third-order valence-electron chi connectivity index (χ3n) is 3.22. The number of anilines is 1. The van der Waals surface area contributed by atoms with E-state index in [-0.39, 0.29) is 6.23 Å². The summed E-state index contributed by atoms with van der Waals surface area (Å²) in [7, 11) is 0. The molecule has 0 spiro atoms. The molecule has 0 aromatic heterocycles. The average molecular weight is 290 g/mol. The Bertz CT molecular complexity index is 570. The molecule has 2 rings (SSSR count). The van der Waals surface area contributed by atoms with Gasteiger partial charge in [-0.3, -0.25) is 0 Å². The number of benzene rings is 2. The van der Waals surface area contributed by atoms with Crippen LogP contribution in [0.25, 0.3) is 0 Å². The molecule has 0 saturated carbocycles. The molecule has 0 amide bonds. The maximum absolute atomic E-state index is 6.06. The SMILES string of the molecule is CCN(c1cccc(Cl)c1)C(C)Oc1cccc(C)c1. The Labute approximate surface area is 125 Å². The van der Waals surface area contributed by atoms with E-state index in [1.807, 2.05) is 49.4 Å². The third-order valence-corrected chi connectivity index (χ3v) is 3.45. The zero-order valence-electron chi connectivity index (χ0n) is 12.1. The van der Waals surface area contributed by atoms with Gasteiger partial charge >= 0.3 is 0 Å². The van der Waals surface area contributed by atoms with Crippen LogP contribution >= 0.6 is 11.6 Å². The highest BCUT2D eigenvalue weighted by molar-refractivity contribution is 6.30. The molecule has 0 aliphatic rings. The second-order valence-electron chi connectivity index (χ2n) is 4.80. The Morgan fingerprint density at radius 2 is 1.90 bits per heavy atom. The van der Waals surface area contributed by atoms with Crippen LogP contribution in [-0.4, -0.2) is 12.8 Å². The van der Waals surface area contributed by atoms with Crippen LogP contribution in [0.3, 0.4) is 0 Å². The normalized spacial score (nSPS) is 12.0. The predicted octanol–water partition coefficient (Wildman–Crippen LogP) is 4.90. The second-order valence-corrected chi connectivity index (χ2v) is 5.24. The van der Waals surface area contributed by atoms with Gasteiger partial charge in [0.25, 0.3) is 0 Å². The Kier molecular flexibility index (Phi) is 4.91. The first-order chi connectivity index (χ1) is 9.60. The van der Waals surface area contributed by atoms with Crippen molar-refractivity contribution < 1.29 is 4.74 Å². The van der Waals surface area contributed by atoms with Crippen molar-refractivity contribution in [1.29, 1.82) is 0 Å². The van der Waals surface area contributed by atoms with Crippen molar-refractivity contribution in [3.8, 4) is 5.75 Å². The van der Waals surface area contributed by atoms with Crippen LogP contribution in [0.2, 0.25) is 5.02 Å². The van der Waals surface area contributed by atoms with Crippen molar-refractivity contribution in [2.45, 2.75) is 27.0 Å². The van der Waals surface area contributed by atoms with E-state index in [0.717, 1.165) is 23.0 Å². The largest absolute Gasteiger partial charge is 0.471 e. The minimum Gasteiger partial charge on any atom is -0.471 e. The van der Waals surface area contributed by atoms with E-state index in [2.05, 4.69) is 24.8 Å². The molecule has 2 nitrogen and oxygen atoms in total. The van der Waals surface area contributed by atoms with Crippen LogP contribution in [-0.2, 0) is 0 Å². The van der Waals surface area contributed by atoms with Gasteiger partial charge in [-0.1, -0.05) is 29.8 Å². The van der Waals surface area contributed by atoms with Gasteiger partial charge in [0.15, 0.2) is 6.23 Å². The van der Waals surface area contributed by atoms with Crippen LogP contribution in [0.4, 0.5) is 5.69 Å². The molecule has 0 fully saturated rings. The summed E-state index contributed by atoms with van der Waals surface area (Å²) in [6, 6.07) is 15.9. The van der Waals surface area contributed by atoms with Crippen molar-refractivity contribution in [3.63, 3.8) is 0 Å². The zero-order chi connectivity index (χ0) is 14.5. The molecule has 2 aromatic rings. The van der Waals surface area contributed by atoms with Gasteiger partial charge in [-0.05, 0) is 56.7 Å². The molecule has 0 N–H and O–H groups in total. The lowest BCUT2D eigenvalue weighted by Crippen LogP contribution is -2.37. The number of aryl methyl sites for hydroxylation is 1.